The standard InChI is InChI=1S/C20H33N3O/c1-3-13-23(14-4-2)19-11-9-16(15-18(19)21)10-12-20(24)22-17-7-5-6-8-17/h9,11,15,17H,3-8,10,12-14,21H2,1-2H3,(H,22,24). The Labute approximate surface area is 146 Å². The molecule has 134 valence electrons. The van der Waals surface area contributed by atoms with Gasteiger partial charge in [-0.1, -0.05) is 32.8 Å². The molecule has 1 aromatic rings. The minimum atomic E-state index is 0.170. The van der Waals surface area contributed by atoms with Gasteiger partial charge in [-0.2, -0.15) is 0 Å². The van der Waals surface area contributed by atoms with Gasteiger partial charge < -0.3 is 16.0 Å². The van der Waals surface area contributed by atoms with Crippen molar-refractivity contribution in [2.75, 3.05) is 23.7 Å². The van der Waals surface area contributed by atoms with Crippen molar-refractivity contribution in [1.29, 1.82) is 0 Å². The van der Waals surface area contributed by atoms with E-state index < -0.39 is 0 Å². The molecule has 2 rings (SSSR count). The van der Waals surface area contributed by atoms with Gasteiger partial charge in [0.1, 0.15) is 0 Å². The lowest BCUT2D eigenvalue weighted by Gasteiger charge is -2.25. The molecule has 0 saturated heterocycles. The lowest BCUT2D eigenvalue weighted by Crippen LogP contribution is -2.32. The van der Waals surface area contributed by atoms with Gasteiger partial charge in [-0.3, -0.25) is 4.79 Å². The highest BCUT2D eigenvalue weighted by Crippen LogP contribution is 2.25. The topological polar surface area (TPSA) is 58.4 Å². The molecular formula is C20H33N3O. The fraction of sp³-hybridized carbons (Fsp3) is 0.650. The zero-order chi connectivity index (χ0) is 17.4. The van der Waals surface area contributed by atoms with Gasteiger partial charge in [0.05, 0.1) is 11.4 Å². The first-order chi connectivity index (χ1) is 11.6. The molecule has 24 heavy (non-hydrogen) atoms. The van der Waals surface area contributed by atoms with Crippen LogP contribution in [-0.2, 0) is 11.2 Å². The summed E-state index contributed by atoms with van der Waals surface area (Å²) in [5.41, 5.74) is 9.37. The molecule has 0 atom stereocenters. The second kappa shape index (κ2) is 9.55. The monoisotopic (exact) mass is 331 g/mol. The number of nitrogens with two attached hydrogens (primary N) is 1. The van der Waals surface area contributed by atoms with Crippen LogP contribution in [0.15, 0.2) is 18.2 Å². The number of aryl methyl sites for hydroxylation is 1. The van der Waals surface area contributed by atoms with Crippen LogP contribution in [0.4, 0.5) is 11.4 Å². The molecule has 3 N–H and O–H groups in total. The second-order valence-electron chi connectivity index (χ2n) is 6.93. The van der Waals surface area contributed by atoms with Crippen molar-refractivity contribution >= 4 is 17.3 Å². The molecule has 1 aromatic carbocycles. The van der Waals surface area contributed by atoms with Crippen LogP contribution in [0.1, 0.15) is 64.4 Å². The van der Waals surface area contributed by atoms with E-state index in [1.165, 1.54) is 12.8 Å². The highest BCUT2D eigenvalue weighted by Gasteiger charge is 2.17. The van der Waals surface area contributed by atoms with E-state index in [2.05, 4.69) is 36.2 Å². The minimum Gasteiger partial charge on any atom is -0.397 e. The van der Waals surface area contributed by atoms with Crippen LogP contribution in [0.3, 0.4) is 0 Å². The van der Waals surface area contributed by atoms with Crippen molar-refractivity contribution in [3.63, 3.8) is 0 Å². The Bertz CT molecular complexity index is 518. The summed E-state index contributed by atoms with van der Waals surface area (Å²) in [7, 11) is 0. The zero-order valence-corrected chi connectivity index (χ0v) is 15.3. The Kier molecular flexibility index (Phi) is 7.41. The number of hydrogen-bond acceptors (Lipinski definition) is 3. The number of carbonyl (C=O) groups is 1. The Morgan fingerprint density at radius 3 is 2.46 bits per heavy atom. The van der Waals surface area contributed by atoms with Gasteiger partial charge in [0.15, 0.2) is 0 Å². The maximum absolute atomic E-state index is 12.1. The van der Waals surface area contributed by atoms with Crippen LogP contribution in [0.25, 0.3) is 0 Å². The Balaban J connectivity index is 1.89. The first kappa shape index (κ1) is 18.6. The van der Waals surface area contributed by atoms with E-state index >= 15 is 0 Å². The molecule has 0 unspecified atom stereocenters. The predicted octanol–water partition coefficient (Wildman–Crippen LogP) is 3.89. The molecule has 4 heteroatoms. The van der Waals surface area contributed by atoms with Gasteiger partial charge >= 0.3 is 0 Å². The molecule has 1 fully saturated rings. The van der Waals surface area contributed by atoms with Crippen LogP contribution in [0.5, 0.6) is 0 Å². The summed E-state index contributed by atoms with van der Waals surface area (Å²) in [4.78, 5) is 14.4. The summed E-state index contributed by atoms with van der Waals surface area (Å²) in [6, 6.07) is 6.68. The summed E-state index contributed by atoms with van der Waals surface area (Å²) in [5, 5.41) is 3.15. The molecule has 0 spiro atoms. The molecule has 0 heterocycles. The van der Waals surface area contributed by atoms with Crippen LogP contribution in [0.2, 0.25) is 0 Å². The highest BCUT2D eigenvalue weighted by molar-refractivity contribution is 5.77. The number of benzene rings is 1. The van der Waals surface area contributed by atoms with Gasteiger partial charge in [0, 0.05) is 25.6 Å². The van der Waals surface area contributed by atoms with Crippen molar-refractivity contribution < 1.29 is 4.79 Å². The number of anilines is 2. The van der Waals surface area contributed by atoms with Gasteiger partial charge in [-0.15, -0.1) is 0 Å². The quantitative estimate of drug-likeness (QED) is 0.675. The van der Waals surface area contributed by atoms with Gasteiger partial charge in [-0.05, 0) is 49.8 Å². The van der Waals surface area contributed by atoms with Gasteiger partial charge in [0.2, 0.25) is 5.91 Å². The van der Waals surface area contributed by atoms with E-state index in [-0.39, 0.29) is 5.91 Å². The number of carbonyl (C=O) groups excluding carboxylic acids is 1. The van der Waals surface area contributed by atoms with Crippen molar-refractivity contribution in [2.24, 2.45) is 0 Å². The summed E-state index contributed by atoms with van der Waals surface area (Å²) in [6.45, 7) is 6.44. The maximum atomic E-state index is 12.1. The third kappa shape index (κ3) is 5.43. The maximum Gasteiger partial charge on any atom is 0.220 e. The first-order valence-corrected chi connectivity index (χ1v) is 9.56. The molecule has 0 aromatic heterocycles. The van der Waals surface area contributed by atoms with E-state index in [9.17, 15) is 4.79 Å². The van der Waals surface area contributed by atoms with Crippen LogP contribution in [0, 0.1) is 0 Å². The molecule has 0 radical (unpaired) electrons. The molecular weight excluding hydrogens is 298 g/mol. The molecule has 1 amide bonds. The second-order valence-corrected chi connectivity index (χ2v) is 6.93. The fourth-order valence-corrected chi connectivity index (χ4v) is 3.57. The summed E-state index contributed by atoms with van der Waals surface area (Å²) >= 11 is 0. The SMILES string of the molecule is CCCN(CCC)c1ccc(CCC(=O)NC2CCCC2)cc1N. The number of rotatable bonds is 9. The lowest BCUT2D eigenvalue weighted by molar-refractivity contribution is -0.121. The largest absolute Gasteiger partial charge is 0.397 e. The van der Waals surface area contributed by atoms with E-state index in [1.807, 2.05) is 6.07 Å². The molecule has 1 aliphatic carbocycles. The summed E-state index contributed by atoms with van der Waals surface area (Å²) in [6.07, 6.45) is 8.29. The van der Waals surface area contributed by atoms with E-state index in [4.69, 9.17) is 5.73 Å². The first-order valence-electron chi connectivity index (χ1n) is 9.56. The van der Waals surface area contributed by atoms with Gasteiger partial charge in [-0.25, -0.2) is 0 Å². The fourth-order valence-electron chi connectivity index (χ4n) is 3.57. The van der Waals surface area contributed by atoms with Crippen LogP contribution >= 0.6 is 0 Å². The predicted molar refractivity (Wildman–Crippen MR) is 102 cm³/mol. The normalized spacial score (nSPS) is 14.8. The molecule has 0 bridgehead atoms. The Hall–Kier alpha value is -1.71. The van der Waals surface area contributed by atoms with Crippen molar-refractivity contribution in [2.45, 2.75) is 71.3 Å². The average Bonchev–Trinajstić information content (AvgIpc) is 3.06. The third-order valence-electron chi connectivity index (χ3n) is 4.78. The molecule has 0 aliphatic heterocycles. The summed E-state index contributed by atoms with van der Waals surface area (Å²) < 4.78 is 0. The van der Waals surface area contributed by atoms with E-state index in [1.54, 1.807) is 0 Å². The molecule has 1 saturated carbocycles. The average molecular weight is 332 g/mol. The zero-order valence-electron chi connectivity index (χ0n) is 15.3. The third-order valence-corrected chi connectivity index (χ3v) is 4.78. The van der Waals surface area contributed by atoms with Crippen LogP contribution in [-0.4, -0.2) is 25.0 Å². The Morgan fingerprint density at radius 1 is 1.21 bits per heavy atom. The van der Waals surface area contributed by atoms with Gasteiger partial charge in [0.25, 0.3) is 0 Å². The van der Waals surface area contributed by atoms with E-state index in [0.717, 1.165) is 62.1 Å². The van der Waals surface area contributed by atoms with Crippen molar-refractivity contribution in [3.8, 4) is 0 Å². The minimum absolute atomic E-state index is 0.170. The van der Waals surface area contributed by atoms with E-state index in [0.29, 0.717) is 12.5 Å². The van der Waals surface area contributed by atoms with Crippen molar-refractivity contribution in [3.05, 3.63) is 23.8 Å². The Morgan fingerprint density at radius 2 is 1.88 bits per heavy atom. The summed E-state index contributed by atoms with van der Waals surface area (Å²) in [5.74, 6) is 0.170. The number of amides is 1. The van der Waals surface area contributed by atoms with Crippen LogP contribution < -0.4 is 16.0 Å². The smallest absolute Gasteiger partial charge is 0.220 e. The lowest BCUT2D eigenvalue weighted by atomic mass is 10.1. The number of nitrogens with zero attached hydrogens (tertiary/aromatic N) is 1. The molecule has 4 nitrogen and oxygen atoms in total. The van der Waals surface area contributed by atoms with Crippen molar-refractivity contribution in [1.82, 2.24) is 5.32 Å². The molecule has 1 aliphatic rings. The highest BCUT2D eigenvalue weighted by atomic mass is 16.1. The number of hydrogen-bond donors (Lipinski definition) is 2. The number of nitrogens with one attached hydrogen (secondary N) is 1. The number of nitrogen functional groups attached to an aromatic ring is 1.